The van der Waals surface area contributed by atoms with Crippen molar-refractivity contribution in [3.8, 4) is 6.07 Å². The lowest BCUT2D eigenvalue weighted by atomic mass is 10.2. The Kier molecular flexibility index (Phi) is 4.21. The number of hydrogen-bond acceptors (Lipinski definition) is 2. The molecule has 18 heavy (non-hydrogen) atoms. The van der Waals surface area contributed by atoms with Gasteiger partial charge >= 0.3 is 0 Å². The van der Waals surface area contributed by atoms with Crippen LogP contribution >= 0.6 is 23.4 Å². The van der Waals surface area contributed by atoms with Crippen LogP contribution in [0.15, 0.2) is 29.3 Å². The second-order valence-electron chi connectivity index (χ2n) is 4.41. The van der Waals surface area contributed by atoms with E-state index in [1.54, 1.807) is 11.8 Å². The van der Waals surface area contributed by atoms with Crippen molar-refractivity contribution in [3.05, 3.63) is 29.4 Å². The van der Waals surface area contributed by atoms with Gasteiger partial charge in [0.15, 0.2) is 0 Å². The van der Waals surface area contributed by atoms with Crippen LogP contribution in [0.2, 0.25) is 5.02 Å². The molecule has 1 heterocycles. The van der Waals surface area contributed by atoms with Gasteiger partial charge in [0.2, 0.25) is 0 Å². The summed E-state index contributed by atoms with van der Waals surface area (Å²) in [4.78, 5) is 1.21. The van der Waals surface area contributed by atoms with Gasteiger partial charge in [0.1, 0.15) is 0 Å². The Morgan fingerprint density at radius 3 is 2.89 bits per heavy atom. The highest BCUT2D eigenvalue weighted by Crippen LogP contribution is 2.33. The molecule has 0 aliphatic rings. The third-order valence-electron chi connectivity index (χ3n) is 2.79. The van der Waals surface area contributed by atoms with E-state index in [-0.39, 0.29) is 0 Å². The van der Waals surface area contributed by atoms with Crippen molar-refractivity contribution in [2.75, 3.05) is 5.75 Å². The highest BCUT2D eigenvalue weighted by Gasteiger charge is 2.11. The van der Waals surface area contributed by atoms with Gasteiger partial charge < -0.3 is 4.57 Å². The molecule has 1 aromatic carbocycles. The van der Waals surface area contributed by atoms with Crippen LogP contribution in [-0.2, 0) is 0 Å². The number of benzene rings is 1. The Morgan fingerprint density at radius 2 is 2.22 bits per heavy atom. The summed E-state index contributed by atoms with van der Waals surface area (Å²) in [6.45, 7) is 4.33. The Morgan fingerprint density at radius 1 is 1.44 bits per heavy atom. The topological polar surface area (TPSA) is 28.7 Å². The summed E-state index contributed by atoms with van der Waals surface area (Å²) in [5, 5.41) is 10.5. The van der Waals surface area contributed by atoms with Gasteiger partial charge in [0.05, 0.1) is 6.07 Å². The molecular formula is C14H15ClN2S. The number of rotatable bonds is 4. The fourth-order valence-electron chi connectivity index (χ4n) is 1.95. The molecule has 0 aliphatic heterocycles. The minimum atomic E-state index is 0.416. The summed E-state index contributed by atoms with van der Waals surface area (Å²) in [6.07, 6.45) is 2.73. The van der Waals surface area contributed by atoms with Crippen LogP contribution in [0.5, 0.6) is 0 Å². The number of fused-ring (bicyclic) bond motifs is 1. The highest BCUT2D eigenvalue weighted by atomic mass is 35.5. The predicted molar refractivity (Wildman–Crippen MR) is 78.3 cm³/mol. The molecule has 0 bridgehead atoms. The maximum absolute atomic E-state index is 8.61. The predicted octanol–water partition coefficient (Wildman–Crippen LogP) is 4.88. The monoisotopic (exact) mass is 278 g/mol. The van der Waals surface area contributed by atoms with Gasteiger partial charge in [-0.1, -0.05) is 11.6 Å². The third kappa shape index (κ3) is 2.66. The summed E-state index contributed by atoms with van der Waals surface area (Å²) in [5.41, 5.74) is 1.20. The molecule has 0 aliphatic carbocycles. The van der Waals surface area contributed by atoms with Crippen LogP contribution in [0.1, 0.15) is 26.3 Å². The molecule has 0 saturated heterocycles. The lowest BCUT2D eigenvalue weighted by Gasteiger charge is -2.08. The second kappa shape index (κ2) is 5.69. The van der Waals surface area contributed by atoms with E-state index >= 15 is 0 Å². The molecule has 0 radical (unpaired) electrons. The minimum absolute atomic E-state index is 0.416. The van der Waals surface area contributed by atoms with Crippen molar-refractivity contribution in [2.24, 2.45) is 0 Å². The summed E-state index contributed by atoms with van der Waals surface area (Å²) in [7, 11) is 0. The SMILES string of the molecule is CC(C)n1cc(SCCC#N)c2cc(Cl)ccc21. The van der Waals surface area contributed by atoms with Crippen LogP contribution in [0.3, 0.4) is 0 Å². The minimum Gasteiger partial charge on any atom is -0.344 e. The van der Waals surface area contributed by atoms with Gasteiger partial charge in [-0.15, -0.1) is 11.8 Å². The first-order valence-corrected chi connectivity index (χ1v) is 7.29. The Bertz CT molecular complexity index is 596. The molecular weight excluding hydrogens is 264 g/mol. The molecule has 0 N–H and O–H groups in total. The second-order valence-corrected chi connectivity index (χ2v) is 5.99. The fraction of sp³-hybridized carbons (Fsp3) is 0.357. The molecule has 0 spiro atoms. The van der Waals surface area contributed by atoms with Crippen LogP contribution in [0.25, 0.3) is 10.9 Å². The molecule has 4 heteroatoms. The molecule has 0 amide bonds. The number of nitrogens with zero attached hydrogens (tertiary/aromatic N) is 2. The smallest absolute Gasteiger partial charge is 0.0630 e. The van der Waals surface area contributed by atoms with Crippen LogP contribution in [0, 0.1) is 11.3 Å². The lowest BCUT2D eigenvalue weighted by Crippen LogP contribution is -1.97. The highest BCUT2D eigenvalue weighted by molar-refractivity contribution is 7.99. The average Bonchev–Trinajstić information content (AvgIpc) is 2.68. The van der Waals surface area contributed by atoms with Gasteiger partial charge in [-0.2, -0.15) is 5.26 Å². The van der Waals surface area contributed by atoms with Gasteiger partial charge in [0.25, 0.3) is 0 Å². The van der Waals surface area contributed by atoms with E-state index < -0.39 is 0 Å². The Hall–Kier alpha value is -1.11. The summed E-state index contributed by atoms with van der Waals surface area (Å²) in [5.74, 6) is 0.820. The first-order chi connectivity index (χ1) is 8.63. The van der Waals surface area contributed by atoms with Gasteiger partial charge in [-0.25, -0.2) is 0 Å². The van der Waals surface area contributed by atoms with E-state index in [4.69, 9.17) is 16.9 Å². The maximum atomic E-state index is 8.61. The summed E-state index contributed by atoms with van der Waals surface area (Å²) < 4.78 is 2.25. The van der Waals surface area contributed by atoms with Crippen molar-refractivity contribution >= 4 is 34.3 Å². The molecule has 2 aromatic rings. The van der Waals surface area contributed by atoms with Gasteiger partial charge in [-0.05, 0) is 32.0 Å². The van der Waals surface area contributed by atoms with Gasteiger partial charge in [-0.3, -0.25) is 0 Å². The van der Waals surface area contributed by atoms with Crippen molar-refractivity contribution in [3.63, 3.8) is 0 Å². The molecule has 0 saturated carbocycles. The van der Waals surface area contributed by atoms with E-state index in [0.29, 0.717) is 12.5 Å². The van der Waals surface area contributed by atoms with E-state index in [0.717, 1.165) is 10.8 Å². The van der Waals surface area contributed by atoms with Crippen LogP contribution in [-0.4, -0.2) is 10.3 Å². The van der Waals surface area contributed by atoms with E-state index in [2.05, 4.69) is 36.7 Å². The van der Waals surface area contributed by atoms with Crippen LogP contribution < -0.4 is 0 Å². The van der Waals surface area contributed by atoms with E-state index in [9.17, 15) is 0 Å². The van der Waals surface area contributed by atoms with Crippen molar-refractivity contribution < 1.29 is 0 Å². The number of aromatic nitrogens is 1. The van der Waals surface area contributed by atoms with Crippen LogP contribution in [0.4, 0.5) is 0 Å². The van der Waals surface area contributed by atoms with Crippen molar-refractivity contribution in [1.82, 2.24) is 4.57 Å². The molecule has 2 rings (SSSR count). The number of thioether (sulfide) groups is 1. The Labute approximate surface area is 117 Å². The summed E-state index contributed by atoms with van der Waals surface area (Å²) in [6, 6.07) is 8.58. The largest absolute Gasteiger partial charge is 0.344 e. The third-order valence-corrected chi connectivity index (χ3v) is 4.07. The molecule has 2 nitrogen and oxygen atoms in total. The number of halogens is 1. The van der Waals surface area contributed by atoms with Crippen molar-refractivity contribution in [1.29, 1.82) is 5.26 Å². The molecule has 94 valence electrons. The lowest BCUT2D eigenvalue weighted by molar-refractivity contribution is 0.620. The first-order valence-electron chi connectivity index (χ1n) is 5.93. The zero-order valence-electron chi connectivity index (χ0n) is 10.5. The summed E-state index contributed by atoms with van der Waals surface area (Å²) >= 11 is 7.79. The zero-order chi connectivity index (χ0) is 13.1. The molecule has 0 unspecified atom stereocenters. The maximum Gasteiger partial charge on any atom is 0.0630 e. The fourth-order valence-corrected chi connectivity index (χ4v) is 3.04. The molecule has 0 atom stereocenters. The number of nitriles is 1. The molecule has 0 fully saturated rings. The van der Waals surface area contributed by atoms with Gasteiger partial charge in [0, 0.05) is 45.2 Å². The van der Waals surface area contributed by atoms with E-state index in [1.165, 1.54) is 15.8 Å². The zero-order valence-corrected chi connectivity index (χ0v) is 12.1. The molecule has 1 aromatic heterocycles. The van der Waals surface area contributed by atoms with E-state index in [1.807, 2.05) is 12.1 Å². The quantitative estimate of drug-likeness (QED) is 0.589. The Balaban J connectivity index is 2.45. The normalized spacial score (nSPS) is 11.1. The first kappa shape index (κ1) is 13.3. The van der Waals surface area contributed by atoms with Crippen molar-refractivity contribution in [2.45, 2.75) is 31.2 Å². The number of hydrogen-bond donors (Lipinski definition) is 0. The average molecular weight is 279 g/mol. The standard InChI is InChI=1S/C14H15ClN2S/c1-10(2)17-9-14(18-7-3-6-16)12-8-11(15)4-5-13(12)17/h4-5,8-10H,3,7H2,1-2H3.